The van der Waals surface area contributed by atoms with Crippen LogP contribution in [0.1, 0.15) is 23.4 Å². The Balaban J connectivity index is 1.47. The maximum Gasteiger partial charge on any atom is 0.287 e. The molecule has 23 heavy (non-hydrogen) atoms. The summed E-state index contributed by atoms with van der Waals surface area (Å²) in [5.41, 5.74) is 0.756. The van der Waals surface area contributed by atoms with Gasteiger partial charge in [0.1, 0.15) is 11.5 Å². The first-order valence-corrected chi connectivity index (χ1v) is 8.11. The number of fused-ring (bicyclic) bond motifs is 3. The van der Waals surface area contributed by atoms with Gasteiger partial charge in [-0.15, -0.1) is 0 Å². The normalized spacial score (nSPS) is 26.2. The molecule has 1 aromatic carbocycles. The summed E-state index contributed by atoms with van der Waals surface area (Å²) in [6, 6.07) is 10.5. The van der Waals surface area contributed by atoms with Crippen molar-refractivity contribution in [2.75, 3.05) is 19.6 Å². The van der Waals surface area contributed by atoms with Gasteiger partial charge in [-0.2, -0.15) is 0 Å². The van der Waals surface area contributed by atoms with Crippen molar-refractivity contribution in [2.45, 2.75) is 18.9 Å². The number of carbonyl (C=O) groups is 1. The number of carbonyl (C=O) groups excluding carboxylic acids is 1. The van der Waals surface area contributed by atoms with Gasteiger partial charge in [0.15, 0.2) is 5.76 Å². The molecule has 5 nitrogen and oxygen atoms in total. The van der Waals surface area contributed by atoms with E-state index in [9.17, 15) is 9.90 Å². The summed E-state index contributed by atoms with van der Waals surface area (Å²) < 4.78 is 5.67. The Hall–Kier alpha value is -2.27. The lowest BCUT2D eigenvalue weighted by molar-refractivity contribution is 0.0606. The standard InChI is InChI=1S/C18H20N2O3/c21-14-3-1-2-13(10-14)16-4-5-17(23-16)18(22)19-15-11-20-8-6-12(15)7-9-20/h1-5,10,12,15,21H,6-9,11H2,(H,19,22)/t15-/m0/s1. The number of aromatic hydroxyl groups is 1. The highest BCUT2D eigenvalue weighted by Crippen LogP contribution is 2.28. The molecule has 5 heteroatoms. The molecule has 0 unspecified atom stereocenters. The summed E-state index contributed by atoms with van der Waals surface area (Å²) in [4.78, 5) is 14.8. The van der Waals surface area contributed by atoms with Crippen molar-refractivity contribution in [2.24, 2.45) is 5.92 Å². The summed E-state index contributed by atoms with van der Waals surface area (Å²) in [5.74, 6) is 1.51. The molecule has 2 bridgehead atoms. The maximum absolute atomic E-state index is 12.4. The van der Waals surface area contributed by atoms with Crippen LogP contribution in [-0.4, -0.2) is 41.6 Å². The van der Waals surface area contributed by atoms with Crippen molar-refractivity contribution in [1.29, 1.82) is 0 Å². The van der Waals surface area contributed by atoms with Gasteiger partial charge in [0.2, 0.25) is 0 Å². The number of benzene rings is 1. The van der Waals surface area contributed by atoms with E-state index < -0.39 is 0 Å². The highest BCUT2D eigenvalue weighted by atomic mass is 16.4. The predicted molar refractivity (Wildman–Crippen MR) is 86.2 cm³/mol. The molecule has 3 fully saturated rings. The summed E-state index contributed by atoms with van der Waals surface area (Å²) in [5, 5.41) is 12.7. The van der Waals surface area contributed by atoms with E-state index in [4.69, 9.17) is 4.42 Å². The minimum atomic E-state index is -0.157. The van der Waals surface area contributed by atoms with E-state index >= 15 is 0 Å². The average molecular weight is 312 g/mol. The molecular formula is C18H20N2O3. The lowest BCUT2D eigenvalue weighted by atomic mass is 9.84. The fourth-order valence-electron chi connectivity index (χ4n) is 3.64. The quantitative estimate of drug-likeness (QED) is 0.914. The van der Waals surface area contributed by atoms with E-state index in [1.54, 1.807) is 30.3 Å². The lowest BCUT2D eigenvalue weighted by Crippen LogP contribution is -2.57. The number of hydrogen-bond donors (Lipinski definition) is 2. The monoisotopic (exact) mass is 312 g/mol. The minimum absolute atomic E-state index is 0.157. The number of phenolic OH excluding ortho intramolecular Hbond substituents is 1. The van der Waals surface area contributed by atoms with E-state index in [0.717, 1.165) is 38.0 Å². The van der Waals surface area contributed by atoms with Crippen molar-refractivity contribution in [3.63, 3.8) is 0 Å². The second-order valence-electron chi connectivity index (χ2n) is 6.43. The van der Waals surface area contributed by atoms with Gasteiger partial charge in [0.25, 0.3) is 5.91 Å². The second-order valence-corrected chi connectivity index (χ2v) is 6.43. The van der Waals surface area contributed by atoms with Crippen LogP contribution in [0.4, 0.5) is 0 Å². The molecule has 2 aromatic rings. The van der Waals surface area contributed by atoms with E-state index in [-0.39, 0.29) is 17.7 Å². The molecule has 3 aliphatic rings. The molecule has 0 spiro atoms. The Morgan fingerprint density at radius 2 is 2.04 bits per heavy atom. The zero-order valence-corrected chi connectivity index (χ0v) is 12.9. The first-order chi connectivity index (χ1) is 11.2. The number of phenols is 1. The zero-order chi connectivity index (χ0) is 15.8. The largest absolute Gasteiger partial charge is 0.508 e. The minimum Gasteiger partial charge on any atom is -0.508 e. The van der Waals surface area contributed by atoms with Gasteiger partial charge in [-0.3, -0.25) is 4.79 Å². The number of furan rings is 1. The third-order valence-electron chi connectivity index (χ3n) is 4.93. The second kappa shape index (κ2) is 5.74. The van der Waals surface area contributed by atoms with Gasteiger partial charge >= 0.3 is 0 Å². The molecule has 4 heterocycles. The highest BCUT2D eigenvalue weighted by molar-refractivity contribution is 5.92. The molecule has 3 aliphatic heterocycles. The van der Waals surface area contributed by atoms with Crippen LogP contribution in [0, 0.1) is 5.92 Å². The SMILES string of the molecule is O=C(N[C@H]1CN2CCC1CC2)c1ccc(-c2cccc(O)c2)o1. The summed E-state index contributed by atoms with van der Waals surface area (Å²) in [7, 11) is 0. The summed E-state index contributed by atoms with van der Waals surface area (Å²) in [6.45, 7) is 3.25. The number of rotatable bonds is 3. The van der Waals surface area contributed by atoms with Gasteiger partial charge in [-0.25, -0.2) is 0 Å². The molecule has 3 saturated heterocycles. The molecule has 0 saturated carbocycles. The Morgan fingerprint density at radius 1 is 1.22 bits per heavy atom. The van der Waals surface area contributed by atoms with Gasteiger partial charge < -0.3 is 19.7 Å². The summed E-state index contributed by atoms with van der Waals surface area (Å²) >= 11 is 0. The van der Waals surface area contributed by atoms with Crippen LogP contribution in [0.15, 0.2) is 40.8 Å². The van der Waals surface area contributed by atoms with Gasteiger partial charge in [0.05, 0.1) is 0 Å². The number of piperidine rings is 3. The van der Waals surface area contributed by atoms with Crippen molar-refractivity contribution in [3.05, 3.63) is 42.2 Å². The molecule has 120 valence electrons. The van der Waals surface area contributed by atoms with Crippen LogP contribution in [0.25, 0.3) is 11.3 Å². The van der Waals surface area contributed by atoms with Crippen LogP contribution in [0.5, 0.6) is 5.75 Å². The van der Waals surface area contributed by atoms with Gasteiger partial charge in [-0.1, -0.05) is 12.1 Å². The Bertz CT molecular complexity index is 717. The Morgan fingerprint density at radius 3 is 2.74 bits per heavy atom. The van der Waals surface area contributed by atoms with Crippen molar-refractivity contribution in [1.82, 2.24) is 10.2 Å². The number of nitrogens with zero attached hydrogens (tertiary/aromatic N) is 1. The van der Waals surface area contributed by atoms with Gasteiger partial charge in [-0.05, 0) is 56.1 Å². The zero-order valence-electron chi connectivity index (χ0n) is 12.9. The van der Waals surface area contributed by atoms with Crippen molar-refractivity contribution in [3.8, 4) is 17.1 Å². The molecular weight excluding hydrogens is 292 g/mol. The van der Waals surface area contributed by atoms with Crippen LogP contribution in [0.2, 0.25) is 0 Å². The molecule has 2 N–H and O–H groups in total. The molecule has 1 atom stereocenters. The van der Waals surface area contributed by atoms with Crippen LogP contribution in [0.3, 0.4) is 0 Å². The first-order valence-electron chi connectivity index (χ1n) is 8.11. The van der Waals surface area contributed by atoms with E-state index in [1.165, 1.54) is 0 Å². The first kappa shape index (κ1) is 14.3. The third-order valence-corrected chi connectivity index (χ3v) is 4.93. The third kappa shape index (κ3) is 2.84. The average Bonchev–Trinajstić information content (AvgIpc) is 3.06. The number of amides is 1. The van der Waals surface area contributed by atoms with Gasteiger partial charge in [0, 0.05) is 18.2 Å². The molecule has 1 amide bonds. The molecule has 1 aromatic heterocycles. The van der Waals surface area contributed by atoms with E-state index in [2.05, 4.69) is 10.2 Å². The fraction of sp³-hybridized carbons (Fsp3) is 0.389. The fourth-order valence-corrected chi connectivity index (χ4v) is 3.64. The van der Waals surface area contributed by atoms with Crippen molar-refractivity contribution >= 4 is 5.91 Å². The van der Waals surface area contributed by atoms with Crippen LogP contribution in [-0.2, 0) is 0 Å². The van der Waals surface area contributed by atoms with E-state index in [1.807, 2.05) is 6.07 Å². The lowest BCUT2D eigenvalue weighted by Gasteiger charge is -2.44. The Labute approximate surface area is 134 Å². The number of hydrogen-bond acceptors (Lipinski definition) is 4. The molecule has 0 radical (unpaired) electrons. The summed E-state index contributed by atoms with van der Waals surface area (Å²) in [6.07, 6.45) is 2.33. The topological polar surface area (TPSA) is 65.7 Å². The maximum atomic E-state index is 12.4. The predicted octanol–water partition coefficient (Wildman–Crippen LogP) is 2.48. The van der Waals surface area contributed by atoms with Crippen LogP contribution >= 0.6 is 0 Å². The van der Waals surface area contributed by atoms with E-state index in [0.29, 0.717) is 17.4 Å². The van der Waals surface area contributed by atoms with Crippen LogP contribution < -0.4 is 5.32 Å². The smallest absolute Gasteiger partial charge is 0.287 e. The molecule has 0 aliphatic carbocycles. The Kier molecular flexibility index (Phi) is 3.58. The molecule has 5 rings (SSSR count). The number of nitrogens with one attached hydrogen (secondary N) is 1. The van der Waals surface area contributed by atoms with Crippen molar-refractivity contribution < 1.29 is 14.3 Å². The highest BCUT2D eigenvalue weighted by Gasteiger charge is 2.35.